The smallest absolute Gasteiger partial charge is 0.161 e. The minimum Gasteiger partial charge on any atom is -0.497 e. The van der Waals surface area contributed by atoms with Crippen LogP contribution >= 0.6 is 0 Å². The number of ketones is 1. The lowest BCUT2D eigenvalue weighted by atomic mass is 10.00. The van der Waals surface area contributed by atoms with Gasteiger partial charge < -0.3 is 4.74 Å². The number of hydrogen-bond acceptors (Lipinski definition) is 3. The largest absolute Gasteiger partial charge is 0.497 e. The molecule has 1 aliphatic rings. The molecular weight excluding hydrogens is 286 g/mol. The summed E-state index contributed by atoms with van der Waals surface area (Å²) < 4.78 is 5.17. The molecule has 3 nitrogen and oxygen atoms in total. The average Bonchev–Trinajstić information content (AvgIpc) is 2.59. The third-order valence-corrected chi connectivity index (χ3v) is 4.11. The number of methoxy groups -OCH3 is 1. The Bertz CT molecular complexity index is 689. The number of Topliss-reactive ketones (excluding diaryl/α,β-unsaturated/α-hetero) is 1. The second-order valence-electron chi connectivity index (χ2n) is 5.81. The van der Waals surface area contributed by atoms with Crippen LogP contribution in [0.15, 0.2) is 60.2 Å². The molecule has 1 saturated heterocycles. The molecule has 3 rings (SSSR count). The topological polar surface area (TPSA) is 29.5 Å². The Kier molecular flexibility index (Phi) is 4.89. The third-order valence-electron chi connectivity index (χ3n) is 4.11. The van der Waals surface area contributed by atoms with Crippen molar-refractivity contribution in [1.29, 1.82) is 0 Å². The summed E-state index contributed by atoms with van der Waals surface area (Å²) in [4.78, 5) is 14.5. The quantitative estimate of drug-likeness (QED) is 0.809. The molecule has 0 aromatic heterocycles. The lowest BCUT2D eigenvalue weighted by Gasteiger charge is -2.27. The van der Waals surface area contributed by atoms with Gasteiger partial charge in [-0.15, -0.1) is 0 Å². The maximum Gasteiger partial charge on any atom is 0.161 e. The van der Waals surface area contributed by atoms with E-state index in [4.69, 9.17) is 4.74 Å². The Morgan fingerprint density at radius 3 is 2.52 bits per heavy atom. The number of likely N-dealkylation sites (tertiary alicyclic amines) is 1. The van der Waals surface area contributed by atoms with E-state index >= 15 is 0 Å². The number of carbonyl (C=O) groups excluding carboxylic acids is 1. The molecule has 0 spiro atoms. The highest BCUT2D eigenvalue weighted by Crippen LogP contribution is 2.19. The lowest BCUT2D eigenvalue weighted by Crippen LogP contribution is -2.35. The van der Waals surface area contributed by atoms with Gasteiger partial charge in [0.05, 0.1) is 7.11 Å². The number of ether oxygens (including phenoxy) is 1. The fourth-order valence-electron chi connectivity index (χ4n) is 2.83. The minimum atomic E-state index is 0.255. The first-order valence-corrected chi connectivity index (χ1v) is 7.89. The van der Waals surface area contributed by atoms with Crippen molar-refractivity contribution in [2.24, 2.45) is 0 Å². The molecule has 2 aromatic carbocycles. The number of hydrogen-bond donors (Lipinski definition) is 0. The normalized spacial score (nSPS) is 17.4. The molecule has 1 aliphatic heterocycles. The minimum absolute atomic E-state index is 0.255. The predicted octanol–water partition coefficient (Wildman–Crippen LogP) is 3.55. The van der Waals surface area contributed by atoms with Gasteiger partial charge in [-0.2, -0.15) is 0 Å². The van der Waals surface area contributed by atoms with Crippen LogP contribution in [-0.4, -0.2) is 30.9 Å². The van der Waals surface area contributed by atoms with Crippen LogP contribution in [0.2, 0.25) is 0 Å². The SMILES string of the molecule is COc1ccc(/C=C2\CN(Cc3ccccc3)CCC2=O)cc1. The molecular formula is C20H21NO2. The second-order valence-corrected chi connectivity index (χ2v) is 5.81. The first kappa shape index (κ1) is 15.5. The Labute approximate surface area is 137 Å². The third kappa shape index (κ3) is 4.08. The zero-order chi connectivity index (χ0) is 16.1. The van der Waals surface area contributed by atoms with Crippen molar-refractivity contribution in [3.05, 3.63) is 71.3 Å². The molecule has 0 bridgehead atoms. The summed E-state index contributed by atoms with van der Waals surface area (Å²) in [6, 6.07) is 18.2. The molecule has 0 radical (unpaired) electrons. The Balaban J connectivity index is 1.72. The standard InChI is InChI=1S/C20H21NO2/c1-23-19-9-7-16(8-10-19)13-18-15-21(12-11-20(18)22)14-17-5-3-2-4-6-17/h2-10,13H,11-12,14-15H2,1H3/b18-13+. The van der Waals surface area contributed by atoms with Gasteiger partial charge in [0.2, 0.25) is 0 Å². The van der Waals surface area contributed by atoms with E-state index < -0.39 is 0 Å². The first-order valence-electron chi connectivity index (χ1n) is 7.89. The molecule has 0 atom stereocenters. The molecule has 23 heavy (non-hydrogen) atoms. The highest BCUT2D eigenvalue weighted by molar-refractivity contribution is 6.00. The van der Waals surface area contributed by atoms with Gasteiger partial charge in [-0.1, -0.05) is 42.5 Å². The van der Waals surface area contributed by atoms with Crippen LogP contribution in [0.5, 0.6) is 5.75 Å². The fraction of sp³-hybridized carbons (Fsp3) is 0.250. The number of carbonyl (C=O) groups is 1. The van der Waals surface area contributed by atoms with Crippen LogP contribution < -0.4 is 4.74 Å². The fourth-order valence-corrected chi connectivity index (χ4v) is 2.83. The van der Waals surface area contributed by atoms with Crippen molar-refractivity contribution >= 4 is 11.9 Å². The van der Waals surface area contributed by atoms with Gasteiger partial charge in [0, 0.05) is 31.6 Å². The Hall–Kier alpha value is -2.39. The van der Waals surface area contributed by atoms with E-state index in [2.05, 4.69) is 29.2 Å². The van der Waals surface area contributed by atoms with Crippen LogP contribution in [0, 0.1) is 0 Å². The molecule has 2 aromatic rings. The van der Waals surface area contributed by atoms with E-state index in [0.717, 1.165) is 30.0 Å². The van der Waals surface area contributed by atoms with Gasteiger partial charge in [0.1, 0.15) is 5.75 Å². The van der Waals surface area contributed by atoms with E-state index in [-0.39, 0.29) is 5.78 Å². The molecule has 1 fully saturated rings. The van der Waals surface area contributed by atoms with Crippen molar-refractivity contribution in [1.82, 2.24) is 4.90 Å². The van der Waals surface area contributed by atoms with Crippen LogP contribution in [0.4, 0.5) is 0 Å². The van der Waals surface area contributed by atoms with Gasteiger partial charge in [-0.3, -0.25) is 9.69 Å². The van der Waals surface area contributed by atoms with Crippen LogP contribution in [0.1, 0.15) is 17.5 Å². The Morgan fingerprint density at radius 2 is 1.83 bits per heavy atom. The van der Waals surface area contributed by atoms with Crippen molar-refractivity contribution in [3.63, 3.8) is 0 Å². The highest BCUT2D eigenvalue weighted by atomic mass is 16.5. The number of nitrogens with zero attached hydrogens (tertiary/aromatic N) is 1. The summed E-state index contributed by atoms with van der Waals surface area (Å²) in [6.45, 7) is 2.42. The maximum absolute atomic E-state index is 12.2. The predicted molar refractivity (Wildman–Crippen MR) is 92.3 cm³/mol. The van der Waals surface area contributed by atoms with Gasteiger partial charge in [-0.05, 0) is 29.3 Å². The van der Waals surface area contributed by atoms with Gasteiger partial charge in [-0.25, -0.2) is 0 Å². The molecule has 0 aliphatic carbocycles. The van der Waals surface area contributed by atoms with E-state index in [9.17, 15) is 4.79 Å². The Morgan fingerprint density at radius 1 is 1.09 bits per heavy atom. The number of benzene rings is 2. The summed E-state index contributed by atoms with van der Waals surface area (Å²) in [5.41, 5.74) is 3.21. The van der Waals surface area contributed by atoms with Crippen LogP contribution in [0.25, 0.3) is 6.08 Å². The summed E-state index contributed by atoms with van der Waals surface area (Å²) in [7, 11) is 1.65. The molecule has 0 amide bonds. The second kappa shape index (κ2) is 7.25. The summed E-state index contributed by atoms with van der Waals surface area (Å²) >= 11 is 0. The number of piperidine rings is 1. The van der Waals surface area contributed by atoms with Gasteiger partial charge >= 0.3 is 0 Å². The van der Waals surface area contributed by atoms with E-state index in [1.807, 2.05) is 36.4 Å². The lowest BCUT2D eigenvalue weighted by molar-refractivity contribution is -0.117. The summed E-state index contributed by atoms with van der Waals surface area (Å²) in [5, 5.41) is 0. The molecule has 0 unspecified atom stereocenters. The average molecular weight is 307 g/mol. The molecule has 118 valence electrons. The monoisotopic (exact) mass is 307 g/mol. The van der Waals surface area contributed by atoms with Crippen molar-refractivity contribution in [2.75, 3.05) is 20.2 Å². The van der Waals surface area contributed by atoms with Crippen LogP contribution in [-0.2, 0) is 11.3 Å². The van der Waals surface area contributed by atoms with Gasteiger partial charge in [0.25, 0.3) is 0 Å². The van der Waals surface area contributed by atoms with Crippen molar-refractivity contribution in [2.45, 2.75) is 13.0 Å². The molecule has 1 heterocycles. The van der Waals surface area contributed by atoms with Crippen molar-refractivity contribution in [3.8, 4) is 5.75 Å². The molecule has 0 saturated carbocycles. The van der Waals surface area contributed by atoms with E-state index in [1.54, 1.807) is 7.11 Å². The van der Waals surface area contributed by atoms with E-state index in [0.29, 0.717) is 13.0 Å². The maximum atomic E-state index is 12.2. The van der Waals surface area contributed by atoms with E-state index in [1.165, 1.54) is 5.56 Å². The zero-order valence-corrected chi connectivity index (χ0v) is 13.4. The van der Waals surface area contributed by atoms with Crippen molar-refractivity contribution < 1.29 is 9.53 Å². The van der Waals surface area contributed by atoms with Gasteiger partial charge in [0.15, 0.2) is 5.78 Å². The summed E-state index contributed by atoms with van der Waals surface area (Å²) in [5.74, 6) is 1.08. The molecule has 0 N–H and O–H groups in total. The first-order chi connectivity index (χ1) is 11.2. The number of rotatable bonds is 4. The zero-order valence-electron chi connectivity index (χ0n) is 13.4. The molecule has 3 heteroatoms. The van der Waals surface area contributed by atoms with Crippen LogP contribution in [0.3, 0.4) is 0 Å². The summed E-state index contributed by atoms with van der Waals surface area (Å²) in [6.07, 6.45) is 2.59. The highest BCUT2D eigenvalue weighted by Gasteiger charge is 2.21.